The molecule has 138 valence electrons. The van der Waals surface area contributed by atoms with Gasteiger partial charge >= 0.3 is 0 Å². The quantitative estimate of drug-likeness (QED) is 0.557. The molecular weight excluding hydrogens is 365 g/mol. The molecule has 0 unspecified atom stereocenters. The fraction of sp³-hybridized carbons (Fsp3) is 0.100. The first kappa shape index (κ1) is 18.6. The second-order valence-electron chi connectivity index (χ2n) is 5.72. The van der Waals surface area contributed by atoms with Crippen LogP contribution in [0.15, 0.2) is 71.3 Å². The summed E-state index contributed by atoms with van der Waals surface area (Å²) in [5.74, 6) is -0.163. The summed E-state index contributed by atoms with van der Waals surface area (Å²) in [6, 6.07) is 16.6. The Morgan fingerprint density at radius 1 is 0.963 bits per heavy atom. The minimum absolute atomic E-state index is 0.00152. The first-order valence-electron chi connectivity index (χ1n) is 8.35. The molecule has 0 spiro atoms. The predicted octanol–water partition coefficient (Wildman–Crippen LogP) is 4.20. The third-order valence-corrected chi connectivity index (χ3v) is 4.00. The summed E-state index contributed by atoms with van der Waals surface area (Å²) in [4.78, 5) is 12.1. The van der Waals surface area contributed by atoms with Gasteiger partial charge in [-0.1, -0.05) is 12.1 Å². The van der Waals surface area contributed by atoms with Crippen molar-refractivity contribution in [2.24, 2.45) is 0 Å². The zero-order valence-electron chi connectivity index (χ0n) is 14.4. The van der Waals surface area contributed by atoms with Crippen molar-refractivity contribution < 1.29 is 13.6 Å². The highest BCUT2D eigenvalue weighted by Gasteiger charge is 2.10. The Balaban J connectivity index is 1.49. The normalized spacial score (nSPS) is 10.3. The lowest BCUT2D eigenvalue weighted by atomic mass is 10.2. The zero-order chi connectivity index (χ0) is 19.1. The van der Waals surface area contributed by atoms with Crippen molar-refractivity contribution in [1.82, 2.24) is 5.32 Å². The average Bonchev–Trinajstić information content (AvgIpc) is 3.17. The van der Waals surface area contributed by atoms with Crippen molar-refractivity contribution >= 4 is 34.6 Å². The number of hydrogen-bond donors (Lipinski definition) is 3. The molecule has 0 aliphatic heterocycles. The third-order valence-electron chi connectivity index (χ3n) is 3.76. The van der Waals surface area contributed by atoms with Crippen LogP contribution >= 0.6 is 12.2 Å². The van der Waals surface area contributed by atoms with Crippen LogP contribution in [0.5, 0.6) is 0 Å². The molecule has 0 atom stereocenters. The average molecular weight is 383 g/mol. The van der Waals surface area contributed by atoms with Crippen molar-refractivity contribution in [1.29, 1.82) is 0 Å². The molecule has 2 aromatic carbocycles. The van der Waals surface area contributed by atoms with Crippen LogP contribution < -0.4 is 16.0 Å². The van der Waals surface area contributed by atoms with Gasteiger partial charge in [0.15, 0.2) is 5.11 Å². The molecule has 0 radical (unpaired) electrons. The molecule has 0 saturated carbocycles. The summed E-state index contributed by atoms with van der Waals surface area (Å²) in [5, 5.41) is 9.31. The van der Waals surface area contributed by atoms with Crippen LogP contribution in [0.2, 0.25) is 0 Å². The summed E-state index contributed by atoms with van der Waals surface area (Å²) in [6.07, 6.45) is 2.37. The molecule has 0 fully saturated rings. The van der Waals surface area contributed by atoms with Crippen LogP contribution in [0, 0.1) is 5.82 Å². The topological polar surface area (TPSA) is 66.3 Å². The maximum Gasteiger partial charge on any atom is 0.258 e. The van der Waals surface area contributed by atoms with E-state index in [1.807, 2.05) is 12.1 Å². The lowest BCUT2D eigenvalue weighted by molar-refractivity contribution is 0.102. The summed E-state index contributed by atoms with van der Waals surface area (Å²) >= 11 is 5.25. The summed E-state index contributed by atoms with van der Waals surface area (Å²) in [7, 11) is 0. The van der Waals surface area contributed by atoms with Gasteiger partial charge in [0, 0.05) is 24.3 Å². The molecule has 5 nitrogen and oxygen atoms in total. The number of carbonyl (C=O) groups excluding carboxylic acids is 1. The van der Waals surface area contributed by atoms with E-state index >= 15 is 0 Å². The van der Waals surface area contributed by atoms with E-state index < -0.39 is 11.7 Å². The fourth-order valence-electron chi connectivity index (χ4n) is 2.41. The van der Waals surface area contributed by atoms with Crippen LogP contribution in [0.3, 0.4) is 0 Å². The molecule has 3 aromatic rings. The van der Waals surface area contributed by atoms with Gasteiger partial charge in [0.25, 0.3) is 5.91 Å². The minimum Gasteiger partial charge on any atom is -0.469 e. The van der Waals surface area contributed by atoms with Crippen LogP contribution in [0.4, 0.5) is 15.8 Å². The van der Waals surface area contributed by atoms with Gasteiger partial charge < -0.3 is 20.4 Å². The van der Waals surface area contributed by atoms with E-state index in [2.05, 4.69) is 16.0 Å². The van der Waals surface area contributed by atoms with E-state index in [0.717, 1.165) is 17.9 Å². The van der Waals surface area contributed by atoms with Crippen molar-refractivity contribution in [3.63, 3.8) is 0 Å². The molecule has 0 aliphatic rings. The van der Waals surface area contributed by atoms with Crippen LogP contribution in [-0.4, -0.2) is 17.6 Å². The Labute approximate surface area is 161 Å². The van der Waals surface area contributed by atoms with E-state index in [1.165, 1.54) is 18.2 Å². The molecule has 27 heavy (non-hydrogen) atoms. The number of carbonyl (C=O) groups is 1. The van der Waals surface area contributed by atoms with E-state index in [-0.39, 0.29) is 5.56 Å². The lowest BCUT2D eigenvalue weighted by Gasteiger charge is -2.11. The number of hydrogen-bond acceptors (Lipinski definition) is 3. The van der Waals surface area contributed by atoms with Crippen molar-refractivity contribution in [2.45, 2.75) is 6.42 Å². The minimum atomic E-state index is -0.556. The highest BCUT2D eigenvalue weighted by atomic mass is 32.1. The van der Waals surface area contributed by atoms with Gasteiger partial charge in [0.1, 0.15) is 11.6 Å². The van der Waals surface area contributed by atoms with Crippen LogP contribution in [0.1, 0.15) is 16.1 Å². The van der Waals surface area contributed by atoms with Crippen molar-refractivity contribution in [3.05, 3.63) is 84.1 Å². The van der Waals surface area contributed by atoms with E-state index in [4.69, 9.17) is 16.6 Å². The number of furan rings is 1. The molecule has 0 bridgehead atoms. The summed E-state index contributed by atoms with van der Waals surface area (Å²) in [6.45, 7) is 0.649. The number of benzene rings is 2. The monoisotopic (exact) mass is 383 g/mol. The first-order chi connectivity index (χ1) is 13.1. The SMILES string of the molecule is O=C(Nc1ccc(NC(=S)NCCc2ccco2)cc1)c1ccccc1F. The second-order valence-corrected chi connectivity index (χ2v) is 6.13. The number of halogens is 1. The number of thiocarbonyl (C=S) groups is 1. The molecule has 0 saturated heterocycles. The lowest BCUT2D eigenvalue weighted by Crippen LogP contribution is -2.30. The highest BCUT2D eigenvalue weighted by Crippen LogP contribution is 2.15. The Kier molecular flexibility index (Phi) is 6.17. The zero-order valence-corrected chi connectivity index (χ0v) is 15.2. The number of anilines is 2. The summed E-state index contributed by atoms with van der Waals surface area (Å²) < 4.78 is 18.9. The van der Waals surface area contributed by atoms with Gasteiger partial charge in [0.05, 0.1) is 11.8 Å². The smallest absolute Gasteiger partial charge is 0.258 e. The molecule has 7 heteroatoms. The Bertz CT molecular complexity index is 911. The van der Waals surface area contributed by atoms with Crippen molar-refractivity contribution in [2.75, 3.05) is 17.2 Å². The van der Waals surface area contributed by atoms with Crippen LogP contribution in [-0.2, 0) is 6.42 Å². The maximum absolute atomic E-state index is 13.6. The molecular formula is C20H18FN3O2S. The van der Waals surface area contributed by atoms with Crippen molar-refractivity contribution in [3.8, 4) is 0 Å². The Hall–Kier alpha value is -3.19. The highest BCUT2D eigenvalue weighted by molar-refractivity contribution is 7.80. The maximum atomic E-state index is 13.6. The fourth-order valence-corrected chi connectivity index (χ4v) is 2.63. The van der Waals surface area contributed by atoms with E-state index in [1.54, 1.807) is 36.6 Å². The molecule has 1 amide bonds. The molecule has 1 heterocycles. The van der Waals surface area contributed by atoms with Gasteiger partial charge in [-0.2, -0.15) is 0 Å². The van der Waals surface area contributed by atoms with E-state index in [9.17, 15) is 9.18 Å². The first-order valence-corrected chi connectivity index (χ1v) is 8.76. The summed E-state index contributed by atoms with van der Waals surface area (Å²) in [5.41, 5.74) is 1.33. The van der Waals surface area contributed by atoms with Gasteiger partial charge in [-0.3, -0.25) is 4.79 Å². The van der Waals surface area contributed by atoms with Gasteiger partial charge in [-0.15, -0.1) is 0 Å². The predicted molar refractivity (Wildman–Crippen MR) is 107 cm³/mol. The number of nitrogens with one attached hydrogen (secondary N) is 3. The molecule has 1 aromatic heterocycles. The standard InChI is InChI=1S/C20H18FN3O2S/c21-18-6-2-1-5-17(18)19(25)23-14-7-9-15(10-8-14)24-20(27)22-12-11-16-4-3-13-26-16/h1-10,13H,11-12H2,(H,23,25)(H2,22,24,27). The van der Waals surface area contributed by atoms with Gasteiger partial charge in [-0.25, -0.2) is 4.39 Å². The van der Waals surface area contributed by atoms with Gasteiger partial charge in [0.2, 0.25) is 0 Å². The third kappa shape index (κ3) is 5.39. The second kappa shape index (κ2) is 8.95. The largest absolute Gasteiger partial charge is 0.469 e. The van der Waals surface area contributed by atoms with Gasteiger partial charge in [-0.05, 0) is 60.7 Å². The number of rotatable bonds is 6. The number of amides is 1. The Morgan fingerprint density at radius 2 is 1.67 bits per heavy atom. The molecule has 3 rings (SSSR count). The van der Waals surface area contributed by atoms with E-state index in [0.29, 0.717) is 17.3 Å². The Morgan fingerprint density at radius 3 is 2.33 bits per heavy atom. The van der Waals surface area contributed by atoms with Crippen LogP contribution in [0.25, 0.3) is 0 Å². The molecule has 3 N–H and O–H groups in total. The molecule has 0 aliphatic carbocycles.